The van der Waals surface area contributed by atoms with Crippen LogP contribution in [0.3, 0.4) is 0 Å². The number of carbonyl (C=O) groups excluding carboxylic acids is 1. The molecule has 2 N–H and O–H groups in total. The lowest BCUT2D eigenvalue weighted by Gasteiger charge is -2.33. The van der Waals surface area contributed by atoms with Crippen molar-refractivity contribution in [3.8, 4) is 0 Å². The average Bonchev–Trinajstić information content (AvgIpc) is 2.38. The summed E-state index contributed by atoms with van der Waals surface area (Å²) < 4.78 is 38.0. The van der Waals surface area contributed by atoms with Crippen LogP contribution in [0.4, 0.5) is 18.9 Å². The Morgan fingerprint density at radius 3 is 2.40 bits per heavy atom. The van der Waals surface area contributed by atoms with Crippen molar-refractivity contribution in [3.05, 3.63) is 29.8 Å². The SMILES string of the molecule is Cl.Nc1ccc(C(=O)N2CCCC(C(F)(F)F)C2)cc1. The molecular formula is C13H16ClF3N2O. The summed E-state index contributed by atoms with van der Waals surface area (Å²) in [4.78, 5) is 13.4. The molecule has 7 heteroatoms. The van der Waals surface area contributed by atoms with E-state index in [-0.39, 0.29) is 31.3 Å². The van der Waals surface area contributed by atoms with Crippen molar-refractivity contribution in [1.29, 1.82) is 0 Å². The van der Waals surface area contributed by atoms with Crippen LogP contribution < -0.4 is 5.73 Å². The van der Waals surface area contributed by atoms with Crippen LogP contribution in [0.25, 0.3) is 0 Å². The summed E-state index contributed by atoms with van der Waals surface area (Å²) in [5, 5.41) is 0. The Kier molecular flexibility index (Phi) is 5.28. The van der Waals surface area contributed by atoms with Gasteiger partial charge in [0.1, 0.15) is 0 Å². The highest BCUT2D eigenvalue weighted by Gasteiger charge is 2.42. The first-order valence-electron chi connectivity index (χ1n) is 6.09. The van der Waals surface area contributed by atoms with Crippen LogP contribution >= 0.6 is 12.4 Å². The number of piperidine rings is 1. The van der Waals surface area contributed by atoms with Crippen molar-refractivity contribution < 1.29 is 18.0 Å². The molecular weight excluding hydrogens is 293 g/mol. The Morgan fingerprint density at radius 1 is 1.25 bits per heavy atom. The molecule has 1 aliphatic heterocycles. The summed E-state index contributed by atoms with van der Waals surface area (Å²) in [5.41, 5.74) is 6.40. The molecule has 2 rings (SSSR count). The topological polar surface area (TPSA) is 46.3 Å². The van der Waals surface area contributed by atoms with Gasteiger partial charge in [0.2, 0.25) is 0 Å². The Bertz CT molecular complexity index is 462. The molecule has 0 aromatic heterocycles. The summed E-state index contributed by atoms with van der Waals surface area (Å²) in [6.45, 7) is 0.114. The molecule has 0 radical (unpaired) electrons. The van der Waals surface area contributed by atoms with Gasteiger partial charge in [-0.3, -0.25) is 4.79 Å². The molecule has 1 aliphatic rings. The fourth-order valence-electron chi connectivity index (χ4n) is 2.24. The number of nitrogens with zero attached hydrogens (tertiary/aromatic N) is 1. The summed E-state index contributed by atoms with van der Waals surface area (Å²) in [5.74, 6) is -1.78. The van der Waals surface area contributed by atoms with E-state index in [4.69, 9.17) is 5.73 Å². The van der Waals surface area contributed by atoms with Crippen molar-refractivity contribution in [3.63, 3.8) is 0 Å². The summed E-state index contributed by atoms with van der Waals surface area (Å²) in [7, 11) is 0. The third kappa shape index (κ3) is 3.79. The smallest absolute Gasteiger partial charge is 0.393 e. The fraction of sp³-hybridized carbons (Fsp3) is 0.462. The second-order valence-corrected chi connectivity index (χ2v) is 4.75. The lowest BCUT2D eigenvalue weighted by atomic mass is 9.97. The van der Waals surface area contributed by atoms with Gasteiger partial charge in [-0.2, -0.15) is 13.2 Å². The molecule has 1 aromatic rings. The zero-order valence-corrected chi connectivity index (χ0v) is 11.5. The lowest BCUT2D eigenvalue weighted by molar-refractivity contribution is -0.184. The largest absolute Gasteiger partial charge is 0.399 e. The maximum absolute atomic E-state index is 12.7. The Hall–Kier alpha value is -1.43. The molecule has 0 spiro atoms. The van der Waals surface area contributed by atoms with Crippen LogP contribution in [0.1, 0.15) is 23.2 Å². The van der Waals surface area contributed by atoms with Crippen LogP contribution in [-0.4, -0.2) is 30.1 Å². The monoisotopic (exact) mass is 308 g/mol. The maximum Gasteiger partial charge on any atom is 0.393 e. The van der Waals surface area contributed by atoms with E-state index < -0.39 is 12.1 Å². The number of rotatable bonds is 1. The van der Waals surface area contributed by atoms with Crippen molar-refractivity contribution >= 4 is 24.0 Å². The Morgan fingerprint density at radius 2 is 1.85 bits per heavy atom. The number of amides is 1. The highest BCUT2D eigenvalue weighted by Crippen LogP contribution is 2.33. The molecule has 0 aliphatic carbocycles. The number of nitrogen functional groups attached to an aromatic ring is 1. The average molecular weight is 309 g/mol. The number of alkyl halides is 3. The third-order valence-electron chi connectivity index (χ3n) is 3.33. The van der Waals surface area contributed by atoms with Gasteiger partial charge in [-0.1, -0.05) is 0 Å². The number of hydrogen-bond donors (Lipinski definition) is 1. The van der Waals surface area contributed by atoms with E-state index in [2.05, 4.69) is 0 Å². The number of likely N-dealkylation sites (tertiary alicyclic amines) is 1. The molecule has 1 fully saturated rings. The predicted molar refractivity (Wildman–Crippen MR) is 72.8 cm³/mol. The van der Waals surface area contributed by atoms with Gasteiger partial charge in [-0.15, -0.1) is 12.4 Å². The van der Waals surface area contributed by atoms with Crippen LogP contribution in [0.2, 0.25) is 0 Å². The zero-order chi connectivity index (χ0) is 14.0. The van der Waals surface area contributed by atoms with Crippen molar-refractivity contribution in [2.24, 2.45) is 5.92 Å². The minimum atomic E-state index is -4.24. The molecule has 1 amide bonds. The number of carbonyl (C=O) groups is 1. The molecule has 1 heterocycles. The van der Waals surface area contributed by atoms with Gasteiger partial charge in [0.25, 0.3) is 5.91 Å². The highest BCUT2D eigenvalue weighted by atomic mass is 35.5. The first-order valence-corrected chi connectivity index (χ1v) is 6.09. The van der Waals surface area contributed by atoms with Crippen molar-refractivity contribution in [1.82, 2.24) is 4.90 Å². The minimum absolute atomic E-state index is 0. The summed E-state index contributed by atoms with van der Waals surface area (Å²) in [6.07, 6.45) is -3.76. The quantitative estimate of drug-likeness (QED) is 0.810. The van der Waals surface area contributed by atoms with Gasteiger partial charge >= 0.3 is 6.18 Å². The number of anilines is 1. The molecule has 0 bridgehead atoms. The van der Waals surface area contributed by atoms with Crippen molar-refractivity contribution in [2.45, 2.75) is 19.0 Å². The molecule has 0 saturated carbocycles. The predicted octanol–water partition coefficient (Wildman–Crippen LogP) is 3.11. The Balaban J connectivity index is 0.00000200. The van der Waals surface area contributed by atoms with Gasteiger partial charge in [0, 0.05) is 24.3 Å². The van der Waals surface area contributed by atoms with Gasteiger partial charge in [-0.05, 0) is 37.1 Å². The van der Waals surface area contributed by atoms with E-state index in [1.807, 2.05) is 0 Å². The number of hydrogen-bond acceptors (Lipinski definition) is 2. The maximum atomic E-state index is 12.7. The standard InChI is InChI=1S/C13H15F3N2O.ClH/c14-13(15,16)10-2-1-7-18(8-10)12(19)9-3-5-11(17)6-4-9;/h3-6,10H,1-2,7-8,17H2;1H. The number of nitrogens with two attached hydrogens (primary N) is 1. The van der Waals surface area contributed by atoms with E-state index in [1.54, 1.807) is 12.1 Å². The van der Waals surface area contributed by atoms with Gasteiger partial charge < -0.3 is 10.6 Å². The van der Waals surface area contributed by atoms with E-state index >= 15 is 0 Å². The Labute approximate surface area is 121 Å². The second-order valence-electron chi connectivity index (χ2n) is 4.75. The van der Waals surface area contributed by atoms with Crippen molar-refractivity contribution in [2.75, 3.05) is 18.8 Å². The third-order valence-corrected chi connectivity index (χ3v) is 3.33. The summed E-state index contributed by atoms with van der Waals surface area (Å²) in [6, 6.07) is 6.21. The highest BCUT2D eigenvalue weighted by molar-refractivity contribution is 5.94. The molecule has 3 nitrogen and oxygen atoms in total. The van der Waals surface area contributed by atoms with Crippen LogP contribution in [0.5, 0.6) is 0 Å². The van der Waals surface area contributed by atoms with Crippen LogP contribution in [0.15, 0.2) is 24.3 Å². The zero-order valence-electron chi connectivity index (χ0n) is 10.7. The first-order chi connectivity index (χ1) is 8.88. The second kappa shape index (κ2) is 6.35. The van der Waals surface area contributed by atoms with Gasteiger partial charge in [0.15, 0.2) is 0 Å². The van der Waals surface area contributed by atoms with Crippen LogP contribution in [0, 0.1) is 5.92 Å². The van der Waals surface area contributed by atoms with Crippen LogP contribution in [-0.2, 0) is 0 Å². The molecule has 20 heavy (non-hydrogen) atoms. The van der Waals surface area contributed by atoms with E-state index in [1.165, 1.54) is 17.0 Å². The molecule has 112 valence electrons. The van der Waals surface area contributed by atoms with E-state index in [0.717, 1.165) is 0 Å². The lowest BCUT2D eigenvalue weighted by Crippen LogP contribution is -2.44. The fourth-order valence-corrected chi connectivity index (χ4v) is 2.24. The molecule has 1 unspecified atom stereocenters. The van der Waals surface area contributed by atoms with Gasteiger partial charge in [-0.25, -0.2) is 0 Å². The summed E-state index contributed by atoms with van der Waals surface area (Å²) >= 11 is 0. The molecule has 1 aromatic carbocycles. The first kappa shape index (κ1) is 16.6. The van der Waals surface area contributed by atoms with Gasteiger partial charge in [0.05, 0.1) is 5.92 Å². The minimum Gasteiger partial charge on any atom is -0.399 e. The number of benzene rings is 1. The van der Waals surface area contributed by atoms with E-state index in [9.17, 15) is 18.0 Å². The molecule has 1 saturated heterocycles. The normalized spacial score (nSPS) is 19.4. The molecule has 1 atom stereocenters. The number of halogens is 4. The van der Waals surface area contributed by atoms with E-state index in [0.29, 0.717) is 24.2 Å².